The highest BCUT2D eigenvalue weighted by Crippen LogP contribution is 2.33. The summed E-state index contributed by atoms with van der Waals surface area (Å²) >= 11 is 0. The molecule has 88 valence electrons. The molecule has 1 rings (SSSR count). The van der Waals surface area contributed by atoms with Crippen LogP contribution >= 0.6 is 0 Å². The molecule has 0 unspecified atom stereocenters. The Hall–Kier alpha value is -1.41. The molecule has 0 fully saturated rings. The minimum Gasteiger partial charge on any atom is -0.275 e. The van der Waals surface area contributed by atoms with Crippen molar-refractivity contribution < 1.29 is 4.79 Å². The van der Waals surface area contributed by atoms with E-state index in [4.69, 9.17) is 0 Å². The molecule has 0 aliphatic heterocycles. The molecule has 0 spiro atoms. The van der Waals surface area contributed by atoms with Crippen molar-refractivity contribution in [2.24, 2.45) is 12.0 Å². The van der Waals surface area contributed by atoms with E-state index in [9.17, 15) is 4.79 Å². The Morgan fingerprint density at radius 1 is 1.31 bits per heavy atom. The van der Waals surface area contributed by atoms with Gasteiger partial charge in [-0.15, -0.1) is 0 Å². The fraction of sp³-hybridized carbons (Fsp3) is 0.667. The number of hydrogen-bond acceptors (Lipinski definition) is 3. The number of aliphatic imine (C=N–C) groups is 1. The zero-order valence-corrected chi connectivity index (χ0v) is 10.8. The Kier molecular flexibility index (Phi) is 3.06. The number of carbonyl (C=O) groups excluding carboxylic acids is 1. The number of aryl methyl sites for hydroxylation is 1. The molecule has 0 radical (unpaired) electrons. The number of aromatic nitrogens is 2. The van der Waals surface area contributed by atoms with Crippen molar-refractivity contribution in [3.63, 3.8) is 0 Å². The van der Waals surface area contributed by atoms with Gasteiger partial charge < -0.3 is 0 Å². The average Bonchev–Trinajstić information content (AvgIpc) is 2.46. The summed E-state index contributed by atoms with van der Waals surface area (Å²) in [5.41, 5.74) is 1.31. The van der Waals surface area contributed by atoms with E-state index in [1.165, 1.54) is 0 Å². The fourth-order valence-electron chi connectivity index (χ4n) is 1.66. The van der Waals surface area contributed by atoms with Crippen LogP contribution in [0.1, 0.15) is 45.9 Å². The Bertz CT molecular complexity index is 432. The van der Waals surface area contributed by atoms with Crippen LogP contribution < -0.4 is 0 Å². The second kappa shape index (κ2) is 3.87. The highest BCUT2D eigenvalue weighted by molar-refractivity contribution is 5.39. The first kappa shape index (κ1) is 12.7. The molecular weight excluding hydrogens is 202 g/mol. The summed E-state index contributed by atoms with van der Waals surface area (Å²) in [6, 6.07) is 0. The molecule has 0 N–H and O–H groups in total. The number of hydrogen-bond donors (Lipinski definition) is 0. The van der Waals surface area contributed by atoms with Crippen LogP contribution in [0.4, 0.5) is 0 Å². The van der Waals surface area contributed by atoms with Gasteiger partial charge in [0.25, 0.3) is 0 Å². The largest absolute Gasteiger partial charge is 0.275 e. The topological polar surface area (TPSA) is 47.2 Å². The van der Waals surface area contributed by atoms with E-state index in [0.717, 1.165) is 11.3 Å². The van der Waals surface area contributed by atoms with E-state index in [-0.39, 0.29) is 5.41 Å². The molecule has 0 aromatic carbocycles. The fourth-order valence-corrected chi connectivity index (χ4v) is 1.66. The van der Waals surface area contributed by atoms with Crippen LogP contribution in [0.25, 0.3) is 0 Å². The standard InChI is InChI=1S/C12H19N3O/c1-11(2,3)10-9(7-15(6)14-10)12(4,5)13-8-16/h7H,1-6H3. The molecule has 4 heteroatoms. The van der Waals surface area contributed by atoms with E-state index < -0.39 is 5.54 Å². The summed E-state index contributed by atoms with van der Waals surface area (Å²) < 4.78 is 1.76. The van der Waals surface area contributed by atoms with Gasteiger partial charge in [-0.1, -0.05) is 20.8 Å². The van der Waals surface area contributed by atoms with Gasteiger partial charge in [0, 0.05) is 24.2 Å². The maximum absolute atomic E-state index is 10.4. The van der Waals surface area contributed by atoms with Crippen LogP contribution in [-0.2, 0) is 22.8 Å². The molecule has 0 aliphatic rings. The van der Waals surface area contributed by atoms with Crippen LogP contribution in [0, 0.1) is 0 Å². The predicted octanol–water partition coefficient (Wildman–Crippen LogP) is 2.29. The Morgan fingerprint density at radius 2 is 1.88 bits per heavy atom. The molecule has 0 saturated heterocycles. The predicted molar refractivity (Wildman–Crippen MR) is 63.1 cm³/mol. The summed E-state index contributed by atoms with van der Waals surface area (Å²) in [4.78, 5) is 14.3. The molecule has 0 aliphatic carbocycles. The van der Waals surface area contributed by atoms with Gasteiger partial charge in [0.05, 0.1) is 11.2 Å². The zero-order chi connectivity index (χ0) is 12.6. The molecule has 16 heavy (non-hydrogen) atoms. The lowest BCUT2D eigenvalue weighted by molar-refractivity contribution is 0.494. The highest BCUT2D eigenvalue weighted by Gasteiger charge is 2.31. The van der Waals surface area contributed by atoms with E-state index in [0.29, 0.717) is 0 Å². The molecule has 1 heterocycles. The van der Waals surface area contributed by atoms with Gasteiger partial charge in [-0.3, -0.25) is 4.68 Å². The number of nitrogens with zero attached hydrogens (tertiary/aromatic N) is 3. The third-order valence-corrected chi connectivity index (χ3v) is 2.52. The third-order valence-electron chi connectivity index (χ3n) is 2.52. The van der Waals surface area contributed by atoms with Crippen LogP contribution in [0.5, 0.6) is 0 Å². The van der Waals surface area contributed by atoms with E-state index in [1.54, 1.807) is 10.8 Å². The molecule has 1 aromatic heterocycles. The second-order valence-corrected chi connectivity index (χ2v) is 5.58. The summed E-state index contributed by atoms with van der Waals surface area (Å²) in [6.07, 6.45) is 3.55. The average molecular weight is 221 g/mol. The summed E-state index contributed by atoms with van der Waals surface area (Å²) in [5.74, 6) is 0. The molecule has 0 atom stereocenters. The minimum absolute atomic E-state index is 0.0632. The van der Waals surface area contributed by atoms with E-state index in [1.807, 2.05) is 27.1 Å². The van der Waals surface area contributed by atoms with Crippen molar-refractivity contribution in [1.29, 1.82) is 0 Å². The van der Waals surface area contributed by atoms with Crippen molar-refractivity contribution in [2.75, 3.05) is 0 Å². The minimum atomic E-state index is -0.571. The smallest absolute Gasteiger partial charge is 0.235 e. The molecule has 4 nitrogen and oxygen atoms in total. The van der Waals surface area contributed by atoms with Gasteiger partial charge in [0.15, 0.2) is 0 Å². The van der Waals surface area contributed by atoms with Crippen molar-refractivity contribution in [3.8, 4) is 0 Å². The first-order valence-corrected chi connectivity index (χ1v) is 5.32. The summed E-state index contributed by atoms with van der Waals surface area (Å²) in [7, 11) is 1.87. The van der Waals surface area contributed by atoms with Crippen molar-refractivity contribution in [1.82, 2.24) is 9.78 Å². The summed E-state index contributed by atoms with van der Waals surface area (Å²) in [6.45, 7) is 10.1. The SMILES string of the molecule is Cn1cc(C(C)(C)N=C=O)c(C(C)(C)C)n1. The Morgan fingerprint density at radius 3 is 2.31 bits per heavy atom. The lowest BCUT2D eigenvalue weighted by Gasteiger charge is -2.23. The highest BCUT2D eigenvalue weighted by atomic mass is 16.1. The van der Waals surface area contributed by atoms with E-state index in [2.05, 4.69) is 30.9 Å². The summed E-state index contributed by atoms with van der Waals surface area (Å²) in [5, 5.41) is 4.46. The van der Waals surface area contributed by atoms with Gasteiger partial charge in [0.1, 0.15) is 0 Å². The van der Waals surface area contributed by atoms with Crippen LogP contribution in [0.2, 0.25) is 0 Å². The zero-order valence-electron chi connectivity index (χ0n) is 10.8. The van der Waals surface area contributed by atoms with Crippen molar-refractivity contribution in [3.05, 3.63) is 17.5 Å². The maximum atomic E-state index is 10.4. The van der Waals surface area contributed by atoms with Gasteiger partial charge in [-0.05, 0) is 13.8 Å². The maximum Gasteiger partial charge on any atom is 0.235 e. The molecule has 1 aromatic rings. The second-order valence-electron chi connectivity index (χ2n) is 5.58. The van der Waals surface area contributed by atoms with Crippen molar-refractivity contribution >= 4 is 6.08 Å². The van der Waals surface area contributed by atoms with Gasteiger partial charge in [0.2, 0.25) is 6.08 Å². The lowest BCUT2D eigenvalue weighted by atomic mass is 9.84. The molecular formula is C12H19N3O. The molecule has 0 saturated carbocycles. The van der Waals surface area contributed by atoms with Crippen LogP contribution in [-0.4, -0.2) is 15.9 Å². The van der Waals surface area contributed by atoms with Crippen molar-refractivity contribution in [2.45, 2.75) is 45.6 Å². The molecule has 0 bridgehead atoms. The quantitative estimate of drug-likeness (QED) is 0.568. The Labute approximate surface area is 96.4 Å². The first-order valence-electron chi connectivity index (χ1n) is 5.32. The number of isocyanates is 1. The monoisotopic (exact) mass is 221 g/mol. The Balaban J connectivity index is 3.39. The normalized spacial score (nSPS) is 12.4. The number of rotatable bonds is 2. The van der Waals surface area contributed by atoms with Crippen LogP contribution in [0.3, 0.4) is 0 Å². The van der Waals surface area contributed by atoms with Crippen LogP contribution in [0.15, 0.2) is 11.2 Å². The first-order chi connectivity index (χ1) is 7.18. The van der Waals surface area contributed by atoms with Gasteiger partial charge in [-0.2, -0.15) is 10.1 Å². The van der Waals surface area contributed by atoms with Gasteiger partial charge in [-0.25, -0.2) is 4.79 Å². The van der Waals surface area contributed by atoms with Gasteiger partial charge >= 0.3 is 0 Å². The third kappa shape index (κ3) is 2.39. The molecule has 0 amide bonds. The lowest BCUT2D eigenvalue weighted by Crippen LogP contribution is -2.22. The van der Waals surface area contributed by atoms with E-state index >= 15 is 0 Å².